The molecular formula is C23H18IN3OS. The molecule has 0 unspecified atom stereocenters. The van der Waals surface area contributed by atoms with E-state index in [1.807, 2.05) is 95.7 Å². The Kier molecular flexibility index (Phi) is 6.31. The summed E-state index contributed by atoms with van der Waals surface area (Å²) in [5.74, 6) is 0.226. The molecule has 3 aromatic carbocycles. The van der Waals surface area contributed by atoms with Crippen LogP contribution >= 0.6 is 34.4 Å². The highest BCUT2D eigenvalue weighted by Gasteiger charge is 2.13. The molecule has 4 nitrogen and oxygen atoms in total. The lowest BCUT2D eigenvalue weighted by molar-refractivity contribution is -0.113. The highest BCUT2D eigenvalue weighted by Crippen LogP contribution is 2.27. The van der Waals surface area contributed by atoms with Crippen LogP contribution in [0.3, 0.4) is 0 Å². The number of nitrogens with zero attached hydrogens (tertiary/aromatic N) is 2. The van der Waals surface area contributed by atoms with E-state index in [2.05, 4.69) is 27.9 Å². The Balaban J connectivity index is 1.54. The van der Waals surface area contributed by atoms with Crippen molar-refractivity contribution in [3.05, 3.63) is 94.7 Å². The Hall–Kier alpha value is -2.58. The van der Waals surface area contributed by atoms with Crippen molar-refractivity contribution < 1.29 is 4.79 Å². The number of carbonyl (C=O) groups is 1. The maximum Gasteiger partial charge on any atom is 0.234 e. The number of anilines is 1. The molecule has 0 aliphatic heterocycles. The topological polar surface area (TPSA) is 46.9 Å². The molecular weight excluding hydrogens is 493 g/mol. The molecule has 6 heteroatoms. The van der Waals surface area contributed by atoms with Crippen LogP contribution in [0, 0.1) is 3.57 Å². The average molecular weight is 511 g/mol. The zero-order valence-electron chi connectivity index (χ0n) is 15.5. The molecule has 1 aromatic heterocycles. The molecule has 1 N–H and O–H groups in total. The van der Waals surface area contributed by atoms with Crippen molar-refractivity contribution in [3.63, 3.8) is 0 Å². The highest BCUT2D eigenvalue weighted by atomic mass is 127. The number of amides is 1. The summed E-state index contributed by atoms with van der Waals surface area (Å²) < 4.78 is 3.17. The standard InChI is InChI=1S/C23H18IN3OS/c24-18-11-13-19(14-12-18)25-22(28)16-29-23-26-21(17-7-3-1-4-8-17)15-27(23)20-9-5-2-6-10-20/h1-15H,16H2,(H,25,28). The molecule has 4 aromatic rings. The van der Waals surface area contributed by atoms with E-state index in [-0.39, 0.29) is 11.7 Å². The summed E-state index contributed by atoms with van der Waals surface area (Å²) in [5.41, 5.74) is 3.75. The van der Waals surface area contributed by atoms with E-state index in [1.54, 1.807) is 0 Å². The van der Waals surface area contributed by atoms with Gasteiger partial charge in [-0.15, -0.1) is 0 Å². The van der Waals surface area contributed by atoms with Crippen LogP contribution in [-0.4, -0.2) is 21.2 Å². The van der Waals surface area contributed by atoms with Crippen LogP contribution in [-0.2, 0) is 4.79 Å². The Morgan fingerprint density at radius 1 is 0.931 bits per heavy atom. The lowest BCUT2D eigenvalue weighted by Crippen LogP contribution is -2.14. The molecule has 0 saturated carbocycles. The molecule has 0 aliphatic carbocycles. The number of aromatic nitrogens is 2. The molecule has 4 rings (SSSR count). The Morgan fingerprint density at radius 2 is 1.59 bits per heavy atom. The minimum atomic E-state index is -0.0555. The van der Waals surface area contributed by atoms with Crippen molar-refractivity contribution >= 4 is 45.9 Å². The van der Waals surface area contributed by atoms with Crippen LogP contribution in [0.5, 0.6) is 0 Å². The molecule has 0 aliphatic rings. The molecule has 29 heavy (non-hydrogen) atoms. The summed E-state index contributed by atoms with van der Waals surface area (Å²) >= 11 is 3.67. The van der Waals surface area contributed by atoms with Gasteiger partial charge >= 0.3 is 0 Å². The molecule has 1 heterocycles. The van der Waals surface area contributed by atoms with Crippen LogP contribution in [0.1, 0.15) is 0 Å². The van der Waals surface area contributed by atoms with Gasteiger partial charge in [-0.25, -0.2) is 4.98 Å². The van der Waals surface area contributed by atoms with E-state index in [4.69, 9.17) is 4.98 Å². The first-order valence-electron chi connectivity index (χ1n) is 9.07. The predicted molar refractivity (Wildman–Crippen MR) is 128 cm³/mol. The van der Waals surface area contributed by atoms with E-state index in [0.29, 0.717) is 0 Å². The van der Waals surface area contributed by atoms with Crippen molar-refractivity contribution in [2.75, 3.05) is 11.1 Å². The quantitative estimate of drug-likeness (QED) is 0.260. The van der Waals surface area contributed by atoms with E-state index in [9.17, 15) is 4.79 Å². The fourth-order valence-electron chi connectivity index (χ4n) is 2.85. The van der Waals surface area contributed by atoms with Gasteiger partial charge in [-0.3, -0.25) is 9.36 Å². The number of benzene rings is 3. The van der Waals surface area contributed by atoms with E-state index in [0.717, 1.165) is 31.4 Å². The van der Waals surface area contributed by atoms with Crippen molar-refractivity contribution in [1.82, 2.24) is 9.55 Å². The molecule has 1 amide bonds. The second-order valence-electron chi connectivity index (χ2n) is 6.32. The van der Waals surface area contributed by atoms with Crippen molar-refractivity contribution in [2.45, 2.75) is 5.16 Å². The second-order valence-corrected chi connectivity index (χ2v) is 8.51. The van der Waals surface area contributed by atoms with Crippen LogP contribution in [0.4, 0.5) is 5.69 Å². The van der Waals surface area contributed by atoms with Crippen LogP contribution in [0.2, 0.25) is 0 Å². The number of hydrogen-bond acceptors (Lipinski definition) is 3. The second kappa shape index (κ2) is 9.28. The van der Waals surface area contributed by atoms with Crippen LogP contribution < -0.4 is 5.32 Å². The van der Waals surface area contributed by atoms with Crippen LogP contribution in [0.25, 0.3) is 16.9 Å². The van der Waals surface area contributed by atoms with E-state index in [1.165, 1.54) is 11.8 Å². The fraction of sp³-hybridized carbons (Fsp3) is 0.0435. The lowest BCUT2D eigenvalue weighted by atomic mass is 10.2. The number of nitrogens with one attached hydrogen (secondary N) is 1. The number of carbonyl (C=O) groups excluding carboxylic acids is 1. The first kappa shape index (κ1) is 19.7. The molecule has 144 valence electrons. The summed E-state index contributed by atoms with van der Waals surface area (Å²) in [7, 11) is 0. The summed E-state index contributed by atoms with van der Waals surface area (Å²) in [5, 5.41) is 3.72. The molecule has 0 fully saturated rings. The van der Waals surface area contributed by atoms with E-state index >= 15 is 0 Å². The van der Waals surface area contributed by atoms with Gasteiger partial charge in [0.15, 0.2) is 5.16 Å². The predicted octanol–water partition coefficient (Wildman–Crippen LogP) is 5.87. The average Bonchev–Trinajstić information content (AvgIpc) is 3.20. The number of hydrogen-bond donors (Lipinski definition) is 1. The molecule has 0 radical (unpaired) electrons. The summed E-state index contributed by atoms with van der Waals surface area (Å²) in [6.45, 7) is 0. The maximum absolute atomic E-state index is 12.4. The molecule has 0 atom stereocenters. The highest BCUT2D eigenvalue weighted by molar-refractivity contribution is 14.1. The maximum atomic E-state index is 12.4. The van der Waals surface area contributed by atoms with Gasteiger partial charge in [0, 0.05) is 26.7 Å². The minimum Gasteiger partial charge on any atom is -0.325 e. The largest absolute Gasteiger partial charge is 0.325 e. The molecule has 0 bridgehead atoms. The van der Waals surface area contributed by atoms with Crippen molar-refractivity contribution in [3.8, 4) is 16.9 Å². The Labute approximate surface area is 187 Å². The number of rotatable bonds is 6. The van der Waals surface area contributed by atoms with Gasteiger partial charge in [0.1, 0.15) is 0 Å². The van der Waals surface area contributed by atoms with Gasteiger partial charge in [0.25, 0.3) is 0 Å². The van der Waals surface area contributed by atoms with E-state index < -0.39 is 0 Å². The summed E-state index contributed by atoms with van der Waals surface area (Å²) in [6.07, 6.45) is 2.02. The van der Waals surface area contributed by atoms with Gasteiger partial charge < -0.3 is 5.32 Å². The first-order valence-corrected chi connectivity index (χ1v) is 11.1. The minimum absolute atomic E-state index is 0.0555. The third-order valence-corrected chi connectivity index (χ3v) is 5.91. The number of para-hydroxylation sites is 1. The SMILES string of the molecule is O=C(CSc1nc(-c2ccccc2)cn1-c1ccccc1)Nc1ccc(I)cc1. The molecule has 0 spiro atoms. The number of halogens is 1. The lowest BCUT2D eigenvalue weighted by Gasteiger charge is -2.08. The number of thioether (sulfide) groups is 1. The van der Waals surface area contributed by atoms with Crippen molar-refractivity contribution in [1.29, 1.82) is 0 Å². The zero-order chi connectivity index (χ0) is 20.1. The smallest absolute Gasteiger partial charge is 0.234 e. The first-order chi connectivity index (χ1) is 14.2. The van der Waals surface area contributed by atoms with Crippen LogP contribution in [0.15, 0.2) is 96.3 Å². The third kappa shape index (κ3) is 5.07. The number of imidazole rings is 1. The Bertz CT molecular complexity index is 1100. The monoisotopic (exact) mass is 511 g/mol. The van der Waals surface area contributed by atoms with Gasteiger partial charge in [-0.05, 0) is 59.0 Å². The van der Waals surface area contributed by atoms with Crippen molar-refractivity contribution in [2.24, 2.45) is 0 Å². The zero-order valence-corrected chi connectivity index (χ0v) is 18.4. The third-order valence-electron chi connectivity index (χ3n) is 4.24. The summed E-state index contributed by atoms with van der Waals surface area (Å²) in [6, 6.07) is 27.9. The normalized spacial score (nSPS) is 10.7. The van der Waals surface area contributed by atoms with Gasteiger partial charge in [-0.1, -0.05) is 60.3 Å². The van der Waals surface area contributed by atoms with Gasteiger partial charge in [0.2, 0.25) is 5.91 Å². The van der Waals surface area contributed by atoms with Gasteiger partial charge in [-0.2, -0.15) is 0 Å². The Morgan fingerprint density at radius 3 is 2.28 bits per heavy atom. The van der Waals surface area contributed by atoms with Gasteiger partial charge in [0.05, 0.1) is 11.4 Å². The summed E-state index contributed by atoms with van der Waals surface area (Å²) in [4.78, 5) is 17.2. The fourth-order valence-corrected chi connectivity index (χ4v) is 4.00. The molecule has 0 saturated heterocycles.